The maximum Gasteiger partial charge on any atom is 0.296 e. The highest BCUT2D eigenvalue weighted by molar-refractivity contribution is 8.23. The van der Waals surface area contributed by atoms with E-state index in [-0.39, 0.29) is 24.4 Å². The molecule has 7 nitrogen and oxygen atoms in total. The predicted molar refractivity (Wildman–Crippen MR) is 111 cm³/mol. The van der Waals surface area contributed by atoms with Gasteiger partial charge in [-0.15, -0.1) is 4.73 Å². The number of carbonyl (C=O) groups is 2. The van der Waals surface area contributed by atoms with Gasteiger partial charge >= 0.3 is 0 Å². The number of pyridine rings is 1. The molecular formula is C19H18N3O4S2. The second kappa shape index (κ2) is 9.03. The summed E-state index contributed by atoms with van der Waals surface area (Å²) in [6.45, 7) is 4.21. The Morgan fingerprint density at radius 1 is 1.21 bits per heavy atom. The molecule has 2 aromatic rings. The van der Waals surface area contributed by atoms with Gasteiger partial charge in [-0.2, -0.15) is 0 Å². The third-order valence-corrected chi connectivity index (χ3v) is 5.43. The minimum Gasteiger partial charge on any atom is -0.405 e. The predicted octanol–water partition coefficient (Wildman–Crippen LogP) is 1.51. The van der Waals surface area contributed by atoms with E-state index >= 15 is 0 Å². The molecule has 145 valence electrons. The number of benzene rings is 1. The molecule has 2 amide bonds. The van der Waals surface area contributed by atoms with Crippen LogP contribution in [0.1, 0.15) is 26.4 Å². The summed E-state index contributed by atoms with van der Waals surface area (Å²) in [7, 11) is 0. The van der Waals surface area contributed by atoms with Crippen LogP contribution in [-0.2, 0) is 6.61 Å². The maximum atomic E-state index is 13.0. The summed E-state index contributed by atoms with van der Waals surface area (Å²) in [5.41, 5.74) is -0.0206. The lowest BCUT2D eigenvalue weighted by atomic mass is 10.2. The Morgan fingerprint density at radius 3 is 2.61 bits per heavy atom. The summed E-state index contributed by atoms with van der Waals surface area (Å²) in [4.78, 5) is 45.0. The van der Waals surface area contributed by atoms with Crippen molar-refractivity contribution >= 4 is 40.1 Å². The standard InChI is InChI=1S/C19H18N3O4S2/c1-2-20-16(23)15-9-8-14(17(24)21-10-11-28-19(21)27)18(25)22(15)26-12-13-6-4-3-5-7-13/h3-9H,1-2,10-12H2,(H,20,23). The number of hydrogen-bond donors (Lipinski definition) is 1. The van der Waals surface area contributed by atoms with Gasteiger partial charge in [0, 0.05) is 18.8 Å². The van der Waals surface area contributed by atoms with Crippen LogP contribution in [0.4, 0.5) is 0 Å². The number of thioether (sulfide) groups is 1. The molecule has 2 heterocycles. The van der Waals surface area contributed by atoms with Crippen molar-refractivity contribution in [3.63, 3.8) is 0 Å². The van der Waals surface area contributed by atoms with Crippen LogP contribution in [-0.4, -0.2) is 44.6 Å². The van der Waals surface area contributed by atoms with E-state index in [1.165, 1.54) is 28.8 Å². The third kappa shape index (κ3) is 4.26. The summed E-state index contributed by atoms with van der Waals surface area (Å²) in [6.07, 6.45) is 0. The average molecular weight is 417 g/mol. The second-order valence-electron chi connectivity index (χ2n) is 5.82. The zero-order valence-corrected chi connectivity index (χ0v) is 16.6. The van der Waals surface area contributed by atoms with Gasteiger partial charge in [-0.05, 0) is 24.6 Å². The van der Waals surface area contributed by atoms with Crippen molar-refractivity contribution in [1.29, 1.82) is 0 Å². The molecule has 1 aromatic heterocycles. The van der Waals surface area contributed by atoms with Crippen LogP contribution in [0, 0.1) is 6.92 Å². The first kappa shape index (κ1) is 20.1. The fourth-order valence-electron chi connectivity index (χ4n) is 2.62. The largest absolute Gasteiger partial charge is 0.405 e. The molecule has 1 radical (unpaired) electrons. The van der Waals surface area contributed by atoms with E-state index in [4.69, 9.17) is 17.1 Å². The average Bonchev–Trinajstić information content (AvgIpc) is 3.13. The number of thiocarbonyl (C=S) groups is 1. The Labute approximate surface area is 171 Å². The molecule has 0 spiro atoms. The molecule has 0 bridgehead atoms. The van der Waals surface area contributed by atoms with Gasteiger partial charge in [0.25, 0.3) is 17.4 Å². The first-order valence-electron chi connectivity index (χ1n) is 8.52. The molecule has 3 rings (SSSR count). The van der Waals surface area contributed by atoms with Crippen molar-refractivity contribution in [1.82, 2.24) is 14.9 Å². The normalized spacial score (nSPS) is 13.5. The van der Waals surface area contributed by atoms with Crippen LogP contribution in [0.25, 0.3) is 0 Å². The summed E-state index contributed by atoms with van der Waals surface area (Å²) < 4.78 is 1.29. The zero-order valence-electron chi connectivity index (χ0n) is 14.9. The molecule has 9 heteroatoms. The maximum absolute atomic E-state index is 13.0. The molecule has 1 aliphatic rings. The molecule has 0 unspecified atom stereocenters. The quantitative estimate of drug-likeness (QED) is 0.719. The highest BCUT2D eigenvalue weighted by atomic mass is 32.2. The van der Waals surface area contributed by atoms with Gasteiger partial charge in [-0.3, -0.25) is 19.3 Å². The van der Waals surface area contributed by atoms with Gasteiger partial charge in [-0.25, -0.2) is 0 Å². The van der Waals surface area contributed by atoms with E-state index in [0.717, 1.165) is 10.3 Å². The van der Waals surface area contributed by atoms with Crippen molar-refractivity contribution < 1.29 is 14.4 Å². The molecule has 28 heavy (non-hydrogen) atoms. The SMILES string of the molecule is [CH2]CNC(=O)c1ccc(C(=O)N2CCSC2=S)c(=O)n1OCc1ccccc1. The lowest BCUT2D eigenvalue weighted by Gasteiger charge is -2.17. The number of carbonyl (C=O) groups excluding carboxylic acids is 2. The molecule has 0 saturated carbocycles. The second-order valence-corrected chi connectivity index (χ2v) is 7.55. The molecule has 1 N–H and O–H groups in total. The van der Waals surface area contributed by atoms with Gasteiger partial charge in [0.2, 0.25) is 0 Å². The lowest BCUT2D eigenvalue weighted by Crippen LogP contribution is -2.41. The van der Waals surface area contributed by atoms with E-state index < -0.39 is 17.4 Å². The minimum absolute atomic E-state index is 0.0143. The first-order valence-corrected chi connectivity index (χ1v) is 9.91. The van der Waals surface area contributed by atoms with Crippen LogP contribution in [0.15, 0.2) is 47.3 Å². The topological polar surface area (TPSA) is 80.6 Å². The van der Waals surface area contributed by atoms with Gasteiger partial charge in [-0.1, -0.05) is 54.3 Å². The van der Waals surface area contributed by atoms with E-state index in [9.17, 15) is 14.4 Å². The Morgan fingerprint density at radius 2 is 1.96 bits per heavy atom. The van der Waals surface area contributed by atoms with Crippen LogP contribution >= 0.6 is 24.0 Å². The molecule has 1 aliphatic heterocycles. The van der Waals surface area contributed by atoms with Crippen molar-refractivity contribution in [3.8, 4) is 0 Å². The van der Waals surface area contributed by atoms with E-state index in [0.29, 0.717) is 16.6 Å². The van der Waals surface area contributed by atoms with E-state index in [1.807, 2.05) is 30.3 Å². The number of nitrogens with zero attached hydrogens (tertiary/aromatic N) is 2. The zero-order chi connectivity index (χ0) is 20.1. The van der Waals surface area contributed by atoms with Crippen molar-refractivity contribution in [2.45, 2.75) is 6.61 Å². The van der Waals surface area contributed by atoms with E-state index in [2.05, 4.69) is 12.2 Å². The van der Waals surface area contributed by atoms with E-state index in [1.54, 1.807) is 0 Å². The highest BCUT2D eigenvalue weighted by Gasteiger charge is 2.28. The van der Waals surface area contributed by atoms with Crippen LogP contribution < -0.4 is 15.7 Å². The fraction of sp³-hybridized carbons (Fsp3) is 0.211. The van der Waals surface area contributed by atoms with Gasteiger partial charge < -0.3 is 10.2 Å². The number of amides is 2. The lowest BCUT2D eigenvalue weighted by molar-refractivity contribution is 0.0689. The molecule has 0 atom stereocenters. The summed E-state index contributed by atoms with van der Waals surface area (Å²) >= 11 is 6.55. The first-order chi connectivity index (χ1) is 13.5. The number of aromatic nitrogens is 1. The molecule has 1 saturated heterocycles. The van der Waals surface area contributed by atoms with Crippen LogP contribution in [0.3, 0.4) is 0 Å². The number of hydrogen-bond acceptors (Lipinski definition) is 6. The van der Waals surface area contributed by atoms with Crippen LogP contribution in [0.2, 0.25) is 0 Å². The number of rotatable bonds is 6. The van der Waals surface area contributed by atoms with Crippen molar-refractivity contribution in [3.05, 3.63) is 76.6 Å². The fourth-order valence-corrected chi connectivity index (χ4v) is 3.82. The smallest absolute Gasteiger partial charge is 0.296 e. The Hall–Kier alpha value is -2.65. The Kier molecular flexibility index (Phi) is 6.48. The van der Waals surface area contributed by atoms with Crippen molar-refractivity contribution in [2.75, 3.05) is 18.8 Å². The Bertz CT molecular complexity index is 959. The van der Waals surface area contributed by atoms with Gasteiger partial charge in [0.1, 0.15) is 22.2 Å². The van der Waals surface area contributed by atoms with Gasteiger partial charge in [0.15, 0.2) is 0 Å². The minimum atomic E-state index is -0.711. The van der Waals surface area contributed by atoms with Gasteiger partial charge in [0.05, 0.1) is 0 Å². The summed E-state index contributed by atoms with van der Waals surface area (Å²) in [6, 6.07) is 11.9. The highest BCUT2D eigenvalue weighted by Crippen LogP contribution is 2.19. The monoisotopic (exact) mass is 416 g/mol. The summed E-state index contributed by atoms with van der Waals surface area (Å²) in [5, 5.41) is 2.53. The molecular weight excluding hydrogens is 398 g/mol. The Balaban J connectivity index is 1.97. The molecule has 0 aliphatic carbocycles. The summed E-state index contributed by atoms with van der Waals surface area (Å²) in [5.74, 6) is -0.333. The third-order valence-electron chi connectivity index (χ3n) is 4.00. The molecule has 1 fully saturated rings. The number of nitrogens with one attached hydrogen (secondary N) is 1. The van der Waals surface area contributed by atoms with Crippen molar-refractivity contribution in [2.24, 2.45) is 0 Å². The van der Waals surface area contributed by atoms with Crippen LogP contribution in [0.5, 0.6) is 0 Å². The molecule has 1 aromatic carbocycles.